The molecule has 1 aromatic heterocycles. The number of para-hydroxylation sites is 2. The van der Waals surface area contributed by atoms with Crippen LogP contribution in [0.25, 0.3) is 11.0 Å². The van der Waals surface area contributed by atoms with Crippen molar-refractivity contribution in [2.75, 3.05) is 40.5 Å². The molecule has 1 amide bonds. The highest BCUT2D eigenvalue weighted by atomic mass is 16.6. The Morgan fingerprint density at radius 3 is 2.62 bits per heavy atom. The van der Waals surface area contributed by atoms with Gasteiger partial charge in [0.05, 0.1) is 44.0 Å². The van der Waals surface area contributed by atoms with E-state index in [4.69, 9.17) is 18.9 Å². The average Bonchev–Trinajstić information content (AvgIpc) is 2.92. The van der Waals surface area contributed by atoms with Gasteiger partial charge in [-0.3, -0.25) is 14.4 Å². The van der Waals surface area contributed by atoms with Gasteiger partial charge in [0.15, 0.2) is 17.3 Å². The van der Waals surface area contributed by atoms with Gasteiger partial charge in [0.1, 0.15) is 18.4 Å². The van der Waals surface area contributed by atoms with Crippen LogP contribution in [0.5, 0.6) is 17.2 Å². The lowest BCUT2D eigenvalue weighted by Gasteiger charge is -2.33. The molecule has 1 unspecified atom stereocenters. The van der Waals surface area contributed by atoms with E-state index in [1.807, 2.05) is 24.3 Å². The largest absolute Gasteiger partial charge is 0.493 e. The average molecular weight is 510 g/mol. The monoisotopic (exact) mass is 509 g/mol. The molecule has 10 nitrogen and oxygen atoms in total. The van der Waals surface area contributed by atoms with Crippen LogP contribution in [0, 0.1) is 0 Å². The lowest BCUT2D eigenvalue weighted by molar-refractivity contribution is -0.139. The molecule has 196 valence electrons. The lowest BCUT2D eigenvalue weighted by Crippen LogP contribution is -2.47. The Morgan fingerprint density at radius 1 is 1.11 bits per heavy atom. The van der Waals surface area contributed by atoms with Gasteiger partial charge in [-0.15, -0.1) is 0 Å². The van der Waals surface area contributed by atoms with Crippen LogP contribution in [0.2, 0.25) is 0 Å². The first-order valence-corrected chi connectivity index (χ1v) is 12.1. The van der Waals surface area contributed by atoms with Gasteiger partial charge in [-0.1, -0.05) is 12.1 Å². The van der Waals surface area contributed by atoms with Crippen LogP contribution in [0.15, 0.2) is 41.2 Å². The number of amides is 1. The summed E-state index contributed by atoms with van der Waals surface area (Å²) in [6.07, 6.45) is 0.00423. The van der Waals surface area contributed by atoms with Crippen molar-refractivity contribution >= 4 is 22.7 Å². The highest BCUT2D eigenvalue weighted by Gasteiger charge is 2.27. The van der Waals surface area contributed by atoms with Crippen molar-refractivity contribution < 1.29 is 28.5 Å². The Bertz CT molecular complexity index is 1370. The van der Waals surface area contributed by atoms with E-state index < -0.39 is 6.10 Å². The van der Waals surface area contributed by atoms with Crippen LogP contribution >= 0.6 is 0 Å². The van der Waals surface area contributed by atoms with E-state index in [2.05, 4.69) is 4.98 Å². The minimum Gasteiger partial charge on any atom is -0.493 e. The molecular weight excluding hydrogens is 478 g/mol. The molecule has 0 N–H and O–H groups in total. The van der Waals surface area contributed by atoms with E-state index >= 15 is 0 Å². The Morgan fingerprint density at radius 2 is 1.89 bits per heavy atom. The Hall–Kier alpha value is -3.92. The molecule has 0 radical (unpaired) electrons. The van der Waals surface area contributed by atoms with E-state index in [1.54, 1.807) is 28.6 Å². The number of carbonyl (C=O) groups is 2. The number of Topliss-reactive ketones (excluding diaryl/α,β-unsaturated/α-hetero) is 1. The second-order valence-electron chi connectivity index (χ2n) is 8.79. The summed E-state index contributed by atoms with van der Waals surface area (Å²) in [5.41, 5.74) is 2.00. The summed E-state index contributed by atoms with van der Waals surface area (Å²) in [5, 5.41) is 0. The standard InChI is InChI=1S/C27H31N3O7/c1-17(31)19-9-11-23(34-3)26(35-4)25(19)37-16-18-15-30(13-14-36-18)24(32)12-10-21-27(33)29(2)22-8-6-5-7-20(22)28-21/h5-9,11,18H,10,12-16H2,1-4H3. The van der Waals surface area contributed by atoms with Crippen molar-refractivity contribution in [2.24, 2.45) is 7.05 Å². The number of hydrogen-bond acceptors (Lipinski definition) is 8. The van der Waals surface area contributed by atoms with Crippen molar-refractivity contribution in [3.63, 3.8) is 0 Å². The number of carbonyl (C=O) groups excluding carboxylic acids is 2. The minimum absolute atomic E-state index is 0.0892. The summed E-state index contributed by atoms with van der Waals surface area (Å²) in [4.78, 5) is 44.0. The van der Waals surface area contributed by atoms with Gasteiger partial charge in [-0.2, -0.15) is 0 Å². The summed E-state index contributed by atoms with van der Waals surface area (Å²) < 4.78 is 24.1. The van der Waals surface area contributed by atoms with E-state index in [1.165, 1.54) is 21.1 Å². The lowest BCUT2D eigenvalue weighted by atomic mass is 10.1. The topological polar surface area (TPSA) is 109 Å². The van der Waals surface area contributed by atoms with Crippen molar-refractivity contribution in [3.8, 4) is 17.2 Å². The summed E-state index contributed by atoms with van der Waals surface area (Å²) in [6, 6.07) is 10.7. The molecule has 3 aromatic rings. The zero-order chi connectivity index (χ0) is 26.5. The molecule has 1 fully saturated rings. The number of nitrogens with zero attached hydrogens (tertiary/aromatic N) is 3. The van der Waals surface area contributed by atoms with Crippen molar-refractivity contribution in [1.29, 1.82) is 0 Å². The Labute approximate surface area is 214 Å². The van der Waals surface area contributed by atoms with Gasteiger partial charge in [0.25, 0.3) is 5.56 Å². The molecule has 2 aromatic carbocycles. The van der Waals surface area contributed by atoms with Gasteiger partial charge >= 0.3 is 0 Å². The van der Waals surface area contributed by atoms with Crippen molar-refractivity contribution in [2.45, 2.75) is 25.9 Å². The fourth-order valence-electron chi connectivity index (χ4n) is 4.43. The van der Waals surface area contributed by atoms with Crippen LogP contribution in [0.1, 0.15) is 29.4 Å². The highest BCUT2D eigenvalue weighted by Crippen LogP contribution is 2.40. The summed E-state index contributed by atoms with van der Waals surface area (Å²) in [6.45, 7) is 2.68. The number of fused-ring (bicyclic) bond motifs is 1. The maximum atomic E-state index is 13.0. The van der Waals surface area contributed by atoms with Gasteiger partial charge in [-0.05, 0) is 31.2 Å². The normalized spacial score (nSPS) is 15.5. The molecule has 2 heterocycles. The van der Waals surface area contributed by atoms with Gasteiger partial charge in [-0.25, -0.2) is 4.98 Å². The third-order valence-corrected chi connectivity index (χ3v) is 6.41. The molecule has 10 heteroatoms. The molecular formula is C27H31N3O7. The third-order valence-electron chi connectivity index (χ3n) is 6.41. The minimum atomic E-state index is -0.403. The fourth-order valence-corrected chi connectivity index (χ4v) is 4.43. The summed E-state index contributed by atoms with van der Waals surface area (Å²) in [5.74, 6) is 0.778. The van der Waals surface area contributed by atoms with Crippen molar-refractivity contribution in [1.82, 2.24) is 14.5 Å². The quantitative estimate of drug-likeness (QED) is 0.405. The predicted molar refractivity (Wildman–Crippen MR) is 137 cm³/mol. The molecule has 0 saturated carbocycles. The van der Waals surface area contributed by atoms with Crippen LogP contribution < -0.4 is 19.8 Å². The maximum absolute atomic E-state index is 13.0. The number of ether oxygens (including phenoxy) is 4. The zero-order valence-electron chi connectivity index (χ0n) is 21.5. The number of aryl methyl sites for hydroxylation is 2. The number of benzene rings is 2. The number of aromatic nitrogens is 2. The predicted octanol–water partition coefficient (Wildman–Crippen LogP) is 2.39. The SMILES string of the molecule is COc1ccc(C(C)=O)c(OCC2CN(C(=O)CCc3nc4ccccc4n(C)c3=O)CCO2)c1OC. The number of hydrogen-bond donors (Lipinski definition) is 0. The molecule has 37 heavy (non-hydrogen) atoms. The molecule has 1 aliphatic rings. The van der Waals surface area contributed by atoms with Gasteiger partial charge in [0, 0.05) is 26.4 Å². The smallest absolute Gasteiger partial charge is 0.272 e. The van der Waals surface area contributed by atoms with Crippen LogP contribution in [0.3, 0.4) is 0 Å². The van der Waals surface area contributed by atoms with Crippen LogP contribution in [0.4, 0.5) is 0 Å². The van der Waals surface area contributed by atoms with Gasteiger partial charge < -0.3 is 28.4 Å². The fraction of sp³-hybridized carbons (Fsp3) is 0.407. The second kappa shape index (κ2) is 11.4. The van der Waals surface area contributed by atoms with Gasteiger partial charge in [0.2, 0.25) is 11.7 Å². The third kappa shape index (κ3) is 5.59. The maximum Gasteiger partial charge on any atom is 0.272 e. The molecule has 0 spiro atoms. The van der Waals surface area contributed by atoms with Crippen LogP contribution in [-0.4, -0.2) is 72.8 Å². The molecule has 0 aliphatic carbocycles. The Kier molecular flexibility index (Phi) is 8.08. The second-order valence-corrected chi connectivity index (χ2v) is 8.79. The number of methoxy groups -OCH3 is 2. The van der Waals surface area contributed by atoms with E-state index in [-0.39, 0.29) is 42.4 Å². The first kappa shape index (κ1) is 26.2. The first-order valence-electron chi connectivity index (χ1n) is 12.1. The molecule has 1 atom stereocenters. The van der Waals surface area contributed by atoms with E-state index in [0.717, 1.165) is 5.52 Å². The summed E-state index contributed by atoms with van der Waals surface area (Å²) in [7, 11) is 4.69. The summed E-state index contributed by atoms with van der Waals surface area (Å²) >= 11 is 0. The molecule has 1 saturated heterocycles. The van der Waals surface area contributed by atoms with Crippen molar-refractivity contribution in [3.05, 3.63) is 58.0 Å². The van der Waals surface area contributed by atoms with E-state index in [0.29, 0.717) is 48.0 Å². The van der Waals surface area contributed by atoms with E-state index in [9.17, 15) is 14.4 Å². The first-order chi connectivity index (χ1) is 17.8. The molecule has 1 aliphatic heterocycles. The zero-order valence-corrected chi connectivity index (χ0v) is 21.5. The van der Waals surface area contributed by atoms with Crippen LogP contribution in [-0.2, 0) is 23.0 Å². The molecule has 4 rings (SSSR count). The number of morpholine rings is 1. The highest BCUT2D eigenvalue weighted by molar-refractivity contribution is 5.98. The number of rotatable bonds is 9. The number of ketones is 1. The Balaban J connectivity index is 1.41. The molecule has 0 bridgehead atoms.